The Balaban J connectivity index is 2.26. The van der Waals surface area contributed by atoms with Crippen LogP contribution in [0.1, 0.15) is 18.1 Å². The van der Waals surface area contributed by atoms with E-state index in [4.69, 9.17) is 18.6 Å². The fourth-order valence-corrected chi connectivity index (χ4v) is 2.66. The van der Waals surface area contributed by atoms with Crippen LogP contribution in [0, 0.1) is 0 Å². The Morgan fingerprint density at radius 2 is 2.00 bits per heavy atom. The van der Waals surface area contributed by atoms with Crippen LogP contribution in [0.3, 0.4) is 0 Å². The van der Waals surface area contributed by atoms with Gasteiger partial charge in [0.15, 0.2) is 0 Å². The van der Waals surface area contributed by atoms with Crippen LogP contribution >= 0.6 is 0 Å². The molecule has 1 aromatic heterocycles. The summed E-state index contributed by atoms with van der Waals surface area (Å²) in [5.74, 6) is -0.813. The third-order valence-corrected chi connectivity index (χ3v) is 3.65. The Hall–Kier alpha value is -3.02. The highest BCUT2D eigenvalue weighted by Crippen LogP contribution is 2.40. The molecule has 0 unspecified atom stereocenters. The van der Waals surface area contributed by atoms with Crippen LogP contribution in [0.25, 0.3) is 5.57 Å². The average molecular weight is 328 g/mol. The molecule has 0 bridgehead atoms. The molecular weight excluding hydrogens is 312 g/mol. The van der Waals surface area contributed by atoms with Crippen LogP contribution in [-0.2, 0) is 19.1 Å². The van der Waals surface area contributed by atoms with Crippen LogP contribution < -0.4 is 4.74 Å². The number of para-hydroxylation sites is 1. The Morgan fingerprint density at radius 3 is 2.67 bits per heavy atom. The maximum atomic E-state index is 12.4. The molecule has 6 nitrogen and oxygen atoms in total. The predicted molar refractivity (Wildman–Crippen MR) is 84.2 cm³/mol. The van der Waals surface area contributed by atoms with Gasteiger partial charge in [-0.2, -0.15) is 0 Å². The standard InChI is InChI=1S/C18H16O6/c1-3-23-18(20)16-15(17(19)21-2)14(11-8-9-22-10-11)12-6-4-5-7-13(12)24-16/h4-10,16H,3H2,1-2H3/t16-/m0/s1. The van der Waals surface area contributed by atoms with E-state index in [1.807, 2.05) is 12.1 Å². The van der Waals surface area contributed by atoms with Crippen molar-refractivity contribution in [2.45, 2.75) is 13.0 Å². The normalized spacial score (nSPS) is 16.2. The highest BCUT2D eigenvalue weighted by Gasteiger charge is 2.40. The minimum absolute atomic E-state index is 0.0936. The second kappa shape index (κ2) is 6.62. The van der Waals surface area contributed by atoms with Gasteiger partial charge in [0.05, 0.1) is 31.8 Å². The van der Waals surface area contributed by atoms with Crippen molar-refractivity contribution in [2.75, 3.05) is 13.7 Å². The molecule has 1 aliphatic heterocycles. The van der Waals surface area contributed by atoms with Crippen LogP contribution in [0.2, 0.25) is 0 Å². The van der Waals surface area contributed by atoms with Gasteiger partial charge in [0.1, 0.15) is 5.75 Å². The lowest BCUT2D eigenvalue weighted by molar-refractivity contribution is -0.152. The zero-order valence-corrected chi connectivity index (χ0v) is 13.3. The molecular formula is C18H16O6. The zero-order valence-electron chi connectivity index (χ0n) is 13.3. The van der Waals surface area contributed by atoms with Gasteiger partial charge in [-0.25, -0.2) is 9.59 Å². The van der Waals surface area contributed by atoms with Gasteiger partial charge in [-0.3, -0.25) is 0 Å². The molecule has 1 aromatic carbocycles. The van der Waals surface area contributed by atoms with Crippen LogP contribution in [0.15, 0.2) is 52.8 Å². The lowest BCUT2D eigenvalue weighted by Gasteiger charge is -2.28. The van der Waals surface area contributed by atoms with Gasteiger partial charge in [0.25, 0.3) is 0 Å². The first-order chi connectivity index (χ1) is 11.7. The first-order valence-corrected chi connectivity index (χ1v) is 7.45. The summed E-state index contributed by atoms with van der Waals surface area (Å²) in [5.41, 5.74) is 1.96. The molecule has 3 rings (SSSR count). The molecule has 0 fully saturated rings. The van der Waals surface area contributed by atoms with Crippen molar-refractivity contribution in [3.8, 4) is 5.75 Å². The van der Waals surface area contributed by atoms with E-state index >= 15 is 0 Å². The molecule has 1 aliphatic rings. The summed E-state index contributed by atoms with van der Waals surface area (Å²) in [6.45, 7) is 1.86. The maximum absolute atomic E-state index is 12.4. The summed E-state index contributed by atoms with van der Waals surface area (Å²) in [5, 5.41) is 0. The minimum atomic E-state index is -1.20. The average Bonchev–Trinajstić information content (AvgIpc) is 3.13. The van der Waals surface area contributed by atoms with Gasteiger partial charge >= 0.3 is 11.9 Å². The van der Waals surface area contributed by atoms with E-state index in [0.29, 0.717) is 22.4 Å². The molecule has 0 aliphatic carbocycles. The van der Waals surface area contributed by atoms with Crippen molar-refractivity contribution < 1.29 is 28.2 Å². The zero-order chi connectivity index (χ0) is 17.1. The maximum Gasteiger partial charge on any atom is 0.352 e. The molecule has 24 heavy (non-hydrogen) atoms. The molecule has 124 valence electrons. The third kappa shape index (κ3) is 2.67. The molecule has 6 heteroatoms. The first kappa shape index (κ1) is 15.9. The van der Waals surface area contributed by atoms with E-state index in [9.17, 15) is 9.59 Å². The SMILES string of the molecule is CCOC(=O)[C@H]1Oc2ccccc2C(c2ccoc2)=C1C(=O)OC. The van der Waals surface area contributed by atoms with Gasteiger partial charge in [-0.1, -0.05) is 18.2 Å². The van der Waals surface area contributed by atoms with E-state index in [0.717, 1.165) is 0 Å². The summed E-state index contributed by atoms with van der Waals surface area (Å²) in [4.78, 5) is 24.7. The van der Waals surface area contributed by atoms with Gasteiger partial charge in [-0.05, 0) is 19.1 Å². The highest BCUT2D eigenvalue weighted by atomic mass is 16.6. The van der Waals surface area contributed by atoms with Crippen LogP contribution in [-0.4, -0.2) is 31.8 Å². The number of methoxy groups -OCH3 is 1. The number of hydrogen-bond donors (Lipinski definition) is 0. The van der Waals surface area contributed by atoms with E-state index in [-0.39, 0.29) is 12.2 Å². The van der Waals surface area contributed by atoms with Crippen LogP contribution in [0.4, 0.5) is 0 Å². The van der Waals surface area contributed by atoms with Crippen molar-refractivity contribution in [3.05, 3.63) is 59.6 Å². The van der Waals surface area contributed by atoms with Gasteiger partial charge < -0.3 is 18.6 Å². The molecule has 2 aromatic rings. The van der Waals surface area contributed by atoms with Gasteiger partial charge in [0.2, 0.25) is 6.10 Å². The van der Waals surface area contributed by atoms with Crippen molar-refractivity contribution in [3.63, 3.8) is 0 Å². The number of carbonyl (C=O) groups is 2. The second-order valence-corrected chi connectivity index (χ2v) is 5.04. The number of ether oxygens (including phenoxy) is 3. The summed E-state index contributed by atoms with van der Waals surface area (Å²) in [7, 11) is 1.26. The predicted octanol–water partition coefficient (Wildman–Crippen LogP) is 2.58. The van der Waals surface area contributed by atoms with Crippen molar-refractivity contribution in [1.82, 2.24) is 0 Å². The molecule has 0 amide bonds. The molecule has 2 heterocycles. The number of benzene rings is 1. The molecule has 1 atom stereocenters. The lowest BCUT2D eigenvalue weighted by Crippen LogP contribution is -2.38. The van der Waals surface area contributed by atoms with Gasteiger partial charge in [-0.15, -0.1) is 0 Å². The van der Waals surface area contributed by atoms with E-state index < -0.39 is 18.0 Å². The topological polar surface area (TPSA) is 75.0 Å². The monoisotopic (exact) mass is 328 g/mol. The second-order valence-electron chi connectivity index (χ2n) is 5.04. The van der Waals surface area contributed by atoms with Crippen molar-refractivity contribution in [1.29, 1.82) is 0 Å². The van der Waals surface area contributed by atoms with E-state index in [1.54, 1.807) is 25.1 Å². The van der Waals surface area contributed by atoms with Crippen molar-refractivity contribution >= 4 is 17.5 Å². The Bertz CT molecular complexity index is 788. The molecule has 0 N–H and O–H groups in total. The quantitative estimate of drug-likeness (QED) is 0.803. The van der Waals surface area contributed by atoms with Crippen molar-refractivity contribution in [2.24, 2.45) is 0 Å². The highest BCUT2D eigenvalue weighted by molar-refractivity contribution is 6.08. The largest absolute Gasteiger partial charge is 0.473 e. The number of rotatable bonds is 4. The van der Waals surface area contributed by atoms with Crippen LogP contribution in [0.5, 0.6) is 5.75 Å². The smallest absolute Gasteiger partial charge is 0.352 e. The molecule has 0 saturated heterocycles. The fraction of sp³-hybridized carbons (Fsp3) is 0.222. The minimum Gasteiger partial charge on any atom is -0.473 e. The number of carbonyl (C=O) groups excluding carboxylic acids is 2. The third-order valence-electron chi connectivity index (χ3n) is 3.65. The lowest BCUT2D eigenvalue weighted by atomic mass is 9.89. The number of hydrogen-bond acceptors (Lipinski definition) is 6. The number of esters is 2. The number of fused-ring (bicyclic) bond motifs is 1. The van der Waals surface area contributed by atoms with E-state index in [1.165, 1.54) is 19.6 Å². The summed E-state index contributed by atoms with van der Waals surface area (Å²) < 4.78 is 20.8. The number of furan rings is 1. The Morgan fingerprint density at radius 1 is 1.21 bits per heavy atom. The van der Waals surface area contributed by atoms with E-state index in [2.05, 4.69) is 0 Å². The Kier molecular flexibility index (Phi) is 4.37. The molecule has 0 saturated carbocycles. The summed E-state index contributed by atoms with van der Waals surface area (Å²) in [6.07, 6.45) is 1.80. The Labute approximate surface area is 138 Å². The summed E-state index contributed by atoms with van der Waals surface area (Å²) in [6, 6.07) is 8.86. The molecule has 0 spiro atoms. The fourth-order valence-electron chi connectivity index (χ4n) is 2.66. The summed E-state index contributed by atoms with van der Waals surface area (Å²) >= 11 is 0. The molecule has 0 radical (unpaired) electrons. The first-order valence-electron chi connectivity index (χ1n) is 7.45. The van der Waals surface area contributed by atoms with Gasteiger partial charge in [0, 0.05) is 16.7 Å².